The molecule has 0 fully saturated rings. The second-order valence-corrected chi connectivity index (χ2v) is 8.03. The Kier molecular flexibility index (Phi) is 5.65. The molecule has 0 aliphatic heterocycles. The molecule has 146 valence electrons. The van der Waals surface area contributed by atoms with E-state index in [1.54, 1.807) is 26.4 Å². The summed E-state index contributed by atoms with van der Waals surface area (Å²) in [5.74, 6) is 1.54. The molecule has 7 heteroatoms. The van der Waals surface area contributed by atoms with Gasteiger partial charge in [0.15, 0.2) is 17.3 Å². The number of nitrogens with zero attached hydrogens (tertiary/aromatic N) is 2. The van der Waals surface area contributed by atoms with E-state index in [9.17, 15) is 4.79 Å². The lowest BCUT2D eigenvalue weighted by Crippen LogP contribution is -2.14. The van der Waals surface area contributed by atoms with Crippen molar-refractivity contribution in [2.45, 2.75) is 26.2 Å². The smallest absolute Gasteiger partial charge is 0.257 e. The molecule has 0 aliphatic rings. The molecule has 3 rings (SSSR count). The van der Waals surface area contributed by atoms with E-state index in [1.807, 2.05) is 30.3 Å². The average molecular weight is 398 g/mol. The fourth-order valence-corrected chi connectivity index (χ4v) is 3.24. The first-order chi connectivity index (χ1) is 13.3. The molecule has 0 spiro atoms. The Morgan fingerprint density at radius 1 is 1.00 bits per heavy atom. The number of carbonyl (C=O) groups is 1. The lowest BCUT2D eigenvalue weighted by Gasteiger charge is -2.18. The number of benzene rings is 2. The molecule has 1 N–H and O–H groups in total. The third kappa shape index (κ3) is 4.31. The average Bonchev–Trinajstić information content (AvgIpc) is 3.15. The van der Waals surface area contributed by atoms with Crippen LogP contribution in [0.2, 0.25) is 0 Å². The van der Waals surface area contributed by atoms with Crippen LogP contribution in [0.15, 0.2) is 42.5 Å². The third-order valence-electron chi connectivity index (χ3n) is 4.30. The number of hydrogen-bond donors (Lipinski definition) is 1. The van der Waals surface area contributed by atoms with Gasteiger partial charge in [-0.15, -0.1) is 0 Å². The zero-order valence-electron chi connectivity index (χ0n) is 16.6. The Labute approximate surface area is 168 Å². The van der Waals surface area contributed by atoms with Gasteiger partial charge in [0.2, 0.25) is 5.13 Å². The first kappa shape index (κ1) is 19.8. The van der Waals surface area contributed by atoms with Crippen molar-refractivity contribution in [1.82, 2.24) is 9.36 Å². The molecule has 0 saturated heterocycles. The first-order valence-electron chi connectivity index (χ1n) is 8.80. The van der Waals surface area contributed by atoms with Crippen molar-refractivity contribution in [1.29, 1.82) is 0 Å². The van der Waals surface area contributed by atoms with Gasteiger partial charge in [0.05, 0.1) is 14.2 Å². The number of rotatable bonds is 5. The van der Waals surface area contributed by atoms with Crippen LogP contribution in [-0.2, 0) is 5.41 Å². The number of hydrogen-bond acceptors (Lipinski definition) is 6. The molecule has 0 unspecified atom stereocenters. The maximum absolute atomic E-state index is 12.5. The fraction of sp³-hybridized carbons (Fsp3) is 0.286. The van der Waals surface area contributed by atoms with Crippen LogP contribution in [0.3, 0.4) is 0 Å². The highest BCUT2D eigenvalue weighted by atomic mass is 32.1. The van der Waals surface area contributed by atoms with Gasteiger partial charge >= 0.3 is 0 Å². The van der Waals surface area contributed by atoms with Gasteiger partial charge in [-0.1, -0.05) is 32.9 Å². The Balaban J connectivity index is 1.75. The Hall–Kier alpha value is -2.93. The Morgan fingerprint density at radius 3 is 2.29 bits per heavy atom. The Bertz CT molecular complexity index is 975. The molecule has 6 nitrogen and oxygen atoms in total. The minimum Gasteiger partial charge on any atom is -0.493 e. The second kappa shape index (κ2) is 7.98. The predicted octanol–water partition coefficient (Wildman–Crippen LogP) is 4.77. The summed E-state index contributed by atoms with van der Waals surface area (Å²) in [5.41, 5.74) is 2.58. The normalized spacial score (nSPS) is 11.2. The van der Waals surface area contributed by atoms with Gasteiger partial charge in [-0.2, -0.15) is 9.36 Å². The predicted molar refractivity (Wildman–Crippen MR) is 112 cm³/mol. The van der Waals surface area contributed by atoms with Crippen LogP contribution in [0.4, 0.5) is 5.13 Å². The molecule has 1 amide bonds. The van der Waals surface area contributed by atoms with E-state index in [0.717, 1.165) is 17.1 Å². The minimum absolute atomic E-state index is 0.0442. The second-order valence-electron chi connectivity index (χ2n) is 7.27. The highest BCUT2D eigenvalue weighted by Crippen LogP contribution is 2.32. The lowest BCUT2D eigenvalue weighted by atomic mass is 9.87. The van der Waals surface area contributed by atoms with Crippen molar-refractivity contribution >= 4 is 22.6 Å². The van der Waals surface area contributed by atoms with Crippen LogP contribution in [-0.4, -0.2) is 29.5 Å². The van der Waals surface area contributed by atoms with Crippen molar-refractivity contribution in [3.05, 3.63) is 53.6 Å². The molecule has 2 aromatic carbocycles. The summed E-state index contributed by atoms with van der Waals surface area (Å²) in [6.45, 7) is 6.41. The van der Waals surface area contributed by atoms with Crippen LogP contribution >= 0.6 is 11.5 Å². The van der Waals surface area contributed by atoms with Gasteiger partial charge in [0.1, 0.15) is 0 Å². The lowest BCUT2D eigenvalue weighted by molar-refractivity contribution is 0.102. The molecular formula is C21H23N3O3S. The van der Waals surface area contributed by atoms with Crippen LogP contribution in [0.25, 0.3) is 11.4 Å². The summed E-state index contributed by atoms with van der Waals surface area (Å²) in [5, 5.41) is 3.25. The monoisotopic (exact) mass is 397 g/mol. The molecule has 0 radical (unpaired) electrons. The van der Waals surface area contributed by atoms with E-state index >= 15 is 0 Å². The van der Waals surface area contributed by atoms with Gasteiger partial charge in [-0.05, 0) is 41.3 Å². The van der Waals surface area contributed by atoms with E-state index in [2.05, 4.69) is 35.4 Å². The van der Waals surface area contributed by atoms with E-state index < -0.39 is 0 Å². The molecule has 0 saturated carbocycles. The molecule has 0 atom stereocenters. The molecule has 1 aromatic heterocycles. The summed E-state index contributed by atoms with van der Waals surface area (Å²) in [7, 11) is 3.16. The number of nitrogens with one attached hydrogen (secondary N) is 1. The number of amides is 1. The zero-order valence-corrected chi connectivity index (χ0v) is 17.4. The van der Waals surface area contributed by atoms with Crippen LogP contribution in [0.1, 0.15) is 36.7 Å². The van der Waals surface area contributed by atoms with Crippen molar-refractivity contribution in [3.63, 3.8) is 0 Å². The number of methoxy groups -OCH3 is 2. The summed E-state index contributed by atoms with van der Waals surface area (Å²) in [6.07, 6.45) is 0. The summed E-state index contributed by atoms with van der Waals surface area (Å²) >= 11 is 1.13. The Morgan fingerprint density at radius 2 is 1.68 bits per heavy atom. The minimum atomic E-state index is -0.213. The molecule has 0 aliphatic carbocycles. The number of anilines is 1. The largest absolute Gasteiger partial charge is 0.493 e. The topological polar surface area (TPSA) is 73.3 Å². The van der Waals surface area contributed by atoms with Crippen LogP contribution in [0.5, 0.6) is 11.5 Å². The highest BCUT2D eigenvalue weighted by Gasteiger charge is 2.16. The quantitative estimate of drug-likeness (QED) is 0.671. The highest BCUT2D eigenvalue weighted by molar-refractivity contribution is 7.10. The van der Waals surface area contributed by atoms with E-state index in [4.69, 9.17) is 9.47 Å². The van der Waals surface area contributed by atoms with Crippen molar-refractivity contribution in [2.24, 2.45) is 0 Å². The maximum Gasteiger partial charge on any atom is 0.257 e. The maximum atomic E-state index is 12.5. The molecule has 0 bridgehead atoms. The third-order valence-corrected chi connectivity index (χ3v) is 4.93. The van der Waals surface area contributed by atoms with E-state index in [1.165, 1.54) is 5.56 Å². The summed E-state index contributed by atoms with van der Waals surface area (Å²) in [4.78, 5) is 16.9. The van der Waals surface area contributed by atoms with Gasteiger partial charge in [-0.3, -0.25) is 10.1 Å². The standard InChI is InChI=1S/C21H23N3O3S/c1-21(2,3)15-9-6-13(7-10-15)19(25)23-20-22-18(24-28-20)14-8-11-16(26-4)17(12-14)27-5/h6-12H,1-5H3,(H,22,23,24,25). The summed E-state index contributed by atoms with van der Waals surface area (Å²) < 4.78 is 14.9. The van der Waals surface area contributed by atoms with Gasteiger partial charge in [0, 0.05) is 22.7 Å². The van der Waals surface area contributed by atoms with Crippen molar-refractivity contribution in [3.8, 4) is 22.9 Å². The molecular weight excluding hydrogens is 374 g/mol. The van der Waals surface area contributed by atoms with Gasteiger partial charge in [-0.25, -0.2) is 0 Å². The summed E-state index contributed by atoms with van der Waals surface area (Å²) in [6, 6.07) is 13.1. The molecule has 28 heavy (non-hydrogen) atoms. The van der Waals surface area contributed by atoms with E-state index in [0.29, 0.717) is 28.0 Å². The van der Waals surface area contributed by atoms with Gasteiger partial charge < -0.3 is 9.47 Å². The molecule has 1 heterocycles. The van der Waals surface area contributed by atoms with Crippen LogP contribution < -0.4 is 14.8 Å². The number of carbonyl (C=O) groups excluding carboxylic acids is 1. The number of ether oxygens (including phenoxy) is 2. The molecule has 3 aromatic rings. The van der Waals surface area contributed by atoms with Crippen LogP contribution in [0, 0.1) is 0 Å². The van der Waals surface area contributed by atoms with Gasteiger partial charge in [0.25, 0.3) is 5.91 Å². The first-order valence-corrected chi connectivity index (χ1v) is 9.57. The van der Waals surface area contributed by atoms with Crippen molar-refractivity contribution < 1.29 is 14.3 Å². The zero-order chi connectivity index (χ0) is 20.3. The fourth-order valence-electron chi connectivity index (χ4n) is 2.66. The van der Waals surface area contributed by atoms with E-state index in [-0.39, 0.29) is 11.3 Å². The van der Waals surface area contributed by atoms with Crippen molar-refractivity contribution in [2.75, 3.05) is 19.5 Å². The SMILES string of the molecule is COc1ccc(-c2nsc(NC(=O)c3ccc(C(C)(C)C)cc3)n2)cc1OC. The number of aromatic nitrogens is 2.